The summed E-state index contributed by atoms with van der Waals surface area (Å²) in [5.74, 6) is -0.153. The second kappa shape index (κ2) is 9.70. The molecule has 0 amide bonds. The molecule has 0 saturated carbocycles. The molecule has 0 fully saturated rings. The highest BCUT2D eigenvalue weighted by atomic mass is 16.1. The Bertz CT molecular complexity index is 520. The maximum atomic E-state index is 12.7. The van der Waals surface area contributed by atoms with Gasteiger partial charge in [0.2, 0.25) is 0 Å². The molecule has 2 atom stereocenters. The van der Waals surface area contributed by atoms with Gasteiger partial charge in [0.25, 0.3) is 0 Å². The molecule has 0 heterocycles. The van der Waals surface area contributed by atoms with E-state index < -0.39 is 11.5 Å². The van der Waals surface area contributed by atoms with Crippen LogP contribution in [0.2, 0.25) is 0 Å². The van der Waals surface area contributed by atoms with Gasteiger partial charge in [0.1, 0.15) is 5.78 Å². The minimum absolute atomic E-state index is 0.0331. The van der Waals surface area contributed by atoms with Crippen molar-refractivity contribution in [3.05, 3.63) is 35.9 Å². The van der Waals surface area contributed by atoms with Gasteiger partial charge in [-0.15, -0.1) is 0 Å². The fourth-order valence-electron chi connectivity index (χ4n) is 2.85. The van der Waals surface area contributed by atoms with E-state index in [0.29, 0.717) is 19.4 Å². The number of hydrogen-bond acceptors (Lipinski definition) is 4. The number of unbranched alkanes of at least 4 members (excludes halogenated alkanes) is 1. The largest absolute Gasteiger partial charge is 0.330 e. The van der Waals surface area contributed by atoms with Gasteiger partial charge in [-0.3, -0.25) is 9.59 Å². The molecule has 0 aliphatic rings. The topological polar surface area (TPSA) is 86.2 Å². The SMILES string of the molecule is CC(C)(C)C(=O)C(CCCCN)CC(=O)C(N)Cc1ccccc1. The zero-order valence-corrected chi connectivity index (χ0v) is 15.3. The molecule has 2 unspecified atom stereocenters. The van der Waals surface area contributed by atoms with E-state index in [-0.39, 0.29) is 23.9 Å². The van der Waals surface area contributed by atoms with Crippen molar-refractivity contribution in [1.29, 1.82) is 0 Å². The zero-order valence-electron chi connectivity index (χ0n) is 15.3. The molecule has 4 heteroatoms. The molecule has 0 spiro atoms. The summed E-state index contributed by atoms with van der Waals surface area (Å²) in [4.78, 5) is 25.2. The lowest BCUT2D eigenvalue weighted by Crippen LogP contribution is -2.37. The van der Waals surface area contributed by atoms with Crippen molar-refractivity contribution in [3.63, 3.8) is 0 Å². The van der Waals surface area contributed by atoms with Crippen LogP contribution in [0, 0.1) is 11.3 Å². The summed E-state index contributed by atoms with van der Waals surface area (Å²) >= 11 is 0. The first kappa shape index (κ1) is 20.5. The van der Waals surface area contributed by atoms with Gasteiger partial charge in [-0.1, -0.05) is 57.5 Å². The molecule has 4 N–H and O–H groups in total. The van der Waals surface area contributed by atoms with Crippen molar-refractivity contribution in [2.75, 3.05) is 6.54 Å². The number of carbonyl (C=O) groups is 2. The minimum atomic E-state index is -0.558. The summed E-state index contributed by atoms with van der Waals surface area (Å²) < 4.78 is 0. The van der Waals surface area contributed by atoms with Gasteiger partial charge in [-0.25, -0.2) is 0 Å². The van der Waals surface area contributed by atoms with Crippen LogP contribution in [0.15, 0.2) is 30.3 Å². The lowest BCUT2D eigenvalue weighted by Gasteiger charge is -2.25. The van der Waals surface area contributed by atoms with Crippen LogP contribution in [0.3, 0.4) is 0 Å². The van der Waals surface area contributed by atoms with E-state index in [0.717, 1.165) is 18.4 Å². The molecule has 0 aliphatic heterocycles. The first-order valence-corrected chi connectivity index (χ1v) is 8.82. The molecule has 24 heavy (non-hydrogen) atoms. The second-order valence-corrected chi connectivity index (χ2v) is 7.56. The minimum Gasteiger partial charge on any atom is -0.330 e. The van der Waals surface area contributed by atoms with E-state index in [1.165, 1.54) is 0 Å². The average molecular weight is 332 g/mol. The van der Waals surface area contributed by atoms with Gasteiger partial charge >= 0.3 is 0 Å². The molecule has 1 aromatic carbocycles. The Kier molecular flexibility index (Phi) is 8.29. The van der Waals surface area contributed by atoms with E-state index in [4.69, 9.17) is 11.5 Å². The van der Waals surface area contributed by atoms with Crippen LogP contribution in [0.1, 0.15) is 52.0 Å². The second-order valence-electron chi connectivity index (χ2n) is 7.56. The number of nitrogens with two attached hydrogens (primary N) is 2. The summed E-state index contributed by atoms with van der Waals surface area (Å²) in [6.45, 7) is 6.32. The van der Waals surface area contributed by atoms with Crippen LogP contribution >= 0.6 is 0 Å². The maximum absolute atomic E-state index is 12.7. The molecular weight excluding hydrogens is 300 g/mol. The van der Waals surface area contributed by atoms with E-state index in [1.54, 1.807) is 0 Å². The number of ketones is 2. The summed E-state index contributed by atoms with van der Waals surface area (Å²) in [5.41, 5.74) is 12.2. The Morgan fingerprint density at radius 2 is 1.71 bits per heavy atom. The van der Waals surface area contributed by atoms with Crippen LogP contribution in [-0.4, -0.2) is 24.2 Å². The standard InChI is InChI=1S/C20H32N2O2/c1-20(2,3)19(24)16(11-7-8-12-21)14-18(23)17(22)13-15-9-5-4-6-10-15/h4-6,9-10,16-17H,7-8,11-14,21-22H2,1-3H3. The molecule has 4 nitrogen and oxygen atoms in total. The third-order valence-electron chi connectivity index (χ3n) is 4.28. The summed E-state index contributed by atoms with van der Waals surface area (Å²) in [6, 6.07) is 9.18. The normalized spacial score (nSPS) is 14.2. The van der Waals surface area contributed by atoms with Crippen LogP contribution in [0.4, 0.5) is 0 Å². The van der Waals surface area contributed by atoms with E-state index in [1.807, 2.05) is 51.1 Å². The van der Waals surface area contributed by atoms with Gasteiger partial charge in [0.05, 0.1) is 6.04 Å². The molecule has 0 radical (unpaired) electrons. The molecule has 0 aromatic heterocycles. The van der Waals surface area contributed by atoms with Gasteiger partial charge in [0.15, 0.2) is 5.78 Å². The van der Waals surface area contributed by atoms with E-state index in [2.05, 4.69) is 0 Å². The average Bonchev–Trinajstić information content (AvgIpc) is 2.53. The Morgan fingerprint density at radius 3 is 2.25 bits per heavy atom. The summed E-state index contributed by atoms with van der Waals surface area (Å²) in [7, 11) is 0. The lowest BCUT2D eigenvalue weighted by atomic mass is 9.78. The first-order valence-electron chi connectivity index (χ1n) is 8.82. The quantitative estimate of drug-likeness (QED) is 0.645. The summed E-state index contributed by atoms with van der Waals surface area (Å²) in [6.07, 6.45) is 3.19. The Hall–Kier alpha value is -1.52. The van der Waals surface area contributed by atoms with Crippen molar-refractivity contribution in [1.82, 2.24) is 0 Å². The smallest absolute Gasteiger partial charge is 0.150 e. The molecule has 134 valence electrons. The fraction of sp³-hybridized carbons (Fsp3) is 0.600. The van der Waals surface area contributed by atoms with Gasteiger partial charge in [0, 0.05) is 17.8 Å². The maximum Gasteiger partial charge on any atom is 0.150 e. The molecule has 1 rings (SSSR count). The molecule has 0 bridgehead atoms. The van der Waals surface area contributed by atoms with E-state index in [9.17, 15) is 9.59 Å². The van der Waals surface area contributed by atoms with Crippen LogP contribution in [0.5, 0.6) is 0 Å². The third-order valence-corrected chi connectivity index (χ3v) is 4.28. The number of Topliss-reactive ketones (excluding diaryl/α,β-unsaturated/α-hetero) is 2. The Labute approximate surface area is 146 Å². The summed E-state index contributed by atoms with van der Waals surface area (Å²) in [5, 5.41) is 0. The number of hydrogen-bond donors (Lipinski definition) is 2. The van der Waals surface area contributed by atoms with Crippen LogP contribution < -0.4 is 11.5 Å². The monoisotopic (exact) mass is 332 g/mol. The van der Waals surface area contributed by atoms with Gasteiger partial charge in [-0.05, 0) is 31.4 Å². The highest BCUT2D eigenvalue weighted by Crippen LogP contribution is 2.26. The zero-order chi connectivity index (χ0) is 18.2. The van der Waals surface area contributed by atoms with Crippen LogP contribution in [0.25, 0.3) is 0 Å². The highest BCUT2D eigenvalue weighted by Gasteiger charge is 2.31. The number of benzene rings is 1. The first-order chi connectivity index (χ1) is 11.3. The van der Waals surface area contributed by atoms with Crippen molar-refractivity contribution in [3.8, 4) is 0 Å². The predicted octanol–water partition coefficient (Wildman–Crippen LogP) is 2.88. The van der Waals surface area contributed by atoms with Crippen LogP contribution in [-0.2, 0) is 16.0 Å². The molecule has 0 aliphatic carbocycles. The van der Waals surface area contributed by atoms with Gasteiger partial charge < -0.3 is 11.5 Å². The molecule has 1 aromatic rings. The predicted molar refractivity (Wildman–Crippen MR) is 98.6 cm³/mol. The van der Waals surface area contributed by atoms with Crippen molar-refractivity contribution in [2.45, 2.75) is 58.9 Å². The van der Waals surface area contributed by atoms with Crippen molar-refractivity contribution in [2.24, 2.45) is 22.8 Å². The Balaban J connectivity index is 2.69. The Morgan fingerprint density at radius 1 is 1.08 bits per heavy atom. The lowest BCUT2D eigenvalue weighted by molar-refractivity contribution is -0.134. The van der Waals surface area contributed by atoms with Crippen molar-refractivity contribution < 1.29 is 9.59 Å². The number of rotatable bonds is 10. The molecular formula is C20H32N2O2. The number of carbonyl (C=O) groups excluding carboxylic acids is 2. The molecule has 0 saturated heterocycles. The van der Waals surface area contributed by atoms with E-state index >= 15 is 0 Å². The van der Waals surface area contributed by atoms with Crippen molar-refractivity contribution >= 4 is 11.6 Å². The fourth-order valence-corrected chi connectivity index (χ4v) is 2.85. The van der Waals surface area contributed by atoms with Gasteiger partial charge in [-0.2, -0.15) is 0 Å². The highest BCUT2D eigenvalue weighted by molar-refractivity contribution is 5.92. The third kappa shape index (κ3) is 6.93.